The molecule has 0 aliphatic carbocycles. The molecule has 0 radical (unpaired) electrons. The fourth-order valence-electron chi connectivity index (χ4n) is 3.75. The van der Waals surface area contributed by atoms with Crippen molar-refractivity contribution in [2.45, 2.75) is 19.8 Å². The van der Waals surface area contributed by atoms with Crippen molar-refractivity contribution >= 4 is 29.3 Å². The molecule has 9 heteroatoms. The summed E-state index contributed by atoms with van der Waals surface area (Å²) in [6.07, 6.45) is 0. The Hall–Kier alpha value is -3.90. The van der Waals surface area contributed by atoms with Gasteiger partial charge < -0.3 is 24.8 Å². The van der Waals surface area contributed by atoms with Gasteiger partial charge in [0.15, 0.2) is 11.5 Å². The van der Waals surface area contributed by atoms with Crippen LogP contribution in [0.3, 0.4) is 0 Å². The molecule has 1 aliphatic heterocycles. The van der Waals surface area contributed by atoms with Crippen LogP contribution in [0.1, 0.15) is 25.3 Å². The molecule has 0 saturated carbocycles. The SMILES string of the molecule is CCOC(=O)CSC1=C(C#N)C(c2ccc(OC)c(OC)c2)C(C(=O)Nc2ccccc2)=C(C)N1. The number of rotatable bonds is 9. The van der Waals surface area contributed by atoms with Crippen molar-refractivity contribution < 1.29 is 23.8 Å². The molecule has 0 fully saturated rings. The monoisotopic (exact) mass is 493 g/mol. The lowest BCUT2D eigenvalue weighted by Gasteiger charge is -2.30. The summed E-state index contributed by atoms with van der Waals surface area (Å²) < 4.78 is 15.8. The van der Waals surface area contributed by atoms with E-state index >= 15 is 0 Å². The standard InChI is InChI=1S/C26H27N3O5S/c1-5-34-22(30)15-35-26-19(14-27)24(17-11-12-20(32-3)21(13-17)33-4)23(16(2)28-26)25(31)29-18-9-7-6-8-10-18/h6-13,24,28H,5,15H2,1-4H3,(H,29,31). The highest BCUT2D eigenvalue weighted by Crippen LogP contribution is 2.43. The third kappa shape index (κ3) is 5.97. The zero-order valence-electron chi connectivity index (χ0n) is 20.0. The fourth-order valence-corrected chi connectivity index (χ4v) is 4.64. The Morgan fingerprint density at radius 2 is 1.83 bits per heavy atom. The Bertz CT molecular complexity index is 1200. The van der Waals surface area contributed by atoms with Gasteiger partial charge in [-0.15, -0.1) is 0 Å². The normalized spacial score (nSPS) is 15.1. The van der Waals surface area contributed by atoms with E-state index in [9.17, 15) is 14.9 Å². The van der Waals surface area contributed by atoms with Crippen LogP contribution in [0.15, 0.2) is 70.4 Å². The average molecular weight is 494 g/mol. The molecule has 1 atom stereocenters. The van der Waals surface area contributed by atoms with E-state index in [1.807, 2.05) is 18.2 Å². The van der Waals surface area contributed by atoms with Gasteiger partial charge in [0.05, 0.1) is 49.2 Å². The molecule has 3 rings (SSSR count). The molecule has 0 aromatic heterocycles. The molecule has 2 aromatic carbocycles. The molecule has 35 heavy (non-hydrogen) atoms. The molecule has 1 aliphatic rings. The van der Waals surface area contributed by atoms with E-state index in [4.69, 9.17) is 14.2 Å². The van der Waals surface area contributed by atoms with E-state index < -0.39 is 5.92 Å². The molecule has 2 aromatic rings. The van der Waals surface area contributed by atoms with Crippen LogP contribution in [0.4, 0.5) is 5.69 Å². The summed E-state index contributed by atoms with van der Waals surface area (Å²) >= 11 is 1.17. The number of benzene rings is 2. The Kier molecular flexibility index (Phi) is 8.81. The number of carbonyl (C=O) groups is 2. The first-order valence-electron chi connectivity index (χ1n) is 10.9. The molecule has 0 saturated heterocycles. The zero-order chi connectivity index (χ0) is 25.4. The van der Waals surface area contributed by atoms with Crippen LogP contribution >= 0.6 is 11.8 Å². The van der Waals surface area contributed by atoms with Gasteiger partial charge in [0.25, 0.3) is 5.91 Å². The fraction of sp³-hybridized carbons (Fsp3) is 0.269. The average Bonchev–Trinajstić information content (AvgIpc) is 2.87. The van der Waals surface area contributed by atoms with E-state index in [1.165, 1.54) is 26.0 Å². The van der Waals surface area contributed by atoms with Gasteiger partial charge in [0.1, 0.15) is 0 Å². The number of hydrogen-bond acceptors (Lipinski definition) is 8. The van der Waals surface area contributed by atoms with Gasteiger partial charge in [-0.3, -0.25) is 9.59 Å². The Balaban J connectivity index is 2.08. The van der Waals surface area contributed by atoms with Gasteiger partial charge in [-0.1, -0.05) is 36.0 Å². The molecular formula is C26H27N3O5S. The molecule has 2 N–H and O–H groups in total. The number of amides is 1. The second-order valence-corrected chi connectivity index (χ2v) is 8.47. The molecule has 0 bridgehead atoms. The third-order valence-corrected chi connectivity index (χ3v) is 6.30. The number of hydrogen-bond donors (Lipinski definition) is 2. The number of methoxy groups -OCH3 is 2. The molecule has 1 amide bonds. The van der Waals surface area contributed by atoms with Crippen molar-refractivity contribution in [3.05, 3.63) is 76.0 Å². The summed E-state index contributed by atoms with van der Waals surface area (Å²) in [5, 5.41) is 16.7. The highest BCUT2D eigenvalue weighted by molar-refractivity contribution is 8.03. The van der Waals surface area contributed by atoms with Crippen molar-refractivity contribution in [2.75, 3.05) is 31.9 Å². The van der Waals surface area contributed by atoms with Crippen LogP contribution in [0.25, 0.3) is 0 Å². The predicted molar refractivity (Wildman–Crippen MR) is 135 cm³/mol. The Morgan fingerprint density at radius 1 is 1.11 bits per heavy atom. The van der Waals surface area contributed by atoms with Crippen LogP contribution in [0.5, 0.6) is 11.5 Å². The van der Waals surface area contributed by atoms with Gasteiger partial charge in [-0.25, -0.2) is 0 Å². The summed E-state index contributed by atoms with van der Waals surface area (Å²) in [4.78, 5) is 25.4. The number of ether oxygens (including phenoxy) is 3. The molecular weight excluding hydrogens is 466 g/mol. The number of esters is 1. The minimum atomic E-state index is -0.700. The number of allylic oxidation sites excluding steroid dienone is 2. The van der Waals surface area contributed by atoms with E-state index in [0.29, 0.717) is 44.6 Å². The lowest BCUT2D eigenvalue weighted by Crippen LogP contribution is -2.31. The topological polar surface area (TPSA) is 110 Å². The second-order valence-electron chi connectivity index (χ2n) is 7.48. The molecule has 1 heterocycles. The summed E-state index contributed by atoms with van der Waals surface area (Å²) in [6.45, 7) is 3.78. The van der Waals surface area contributed by atoms with Crippen LogP contribution in [0.2, 0.25) is 0 Å². The smallest absolute Gasteiger partial charge is 0.316 e. The van der Waals surface area contributed by atoms with Crippen molar-refractivity contribution in [1.82, 2.24) is 5.32 Å². The highest BCUT2D eigenvalue weighted by atomic mass is 32.2. The molecule has 0 spiro atoms. The van der Waals surface area contributed by atoms with E-state index in [1.54, 1.807) is 44.2 Å². The van der Waals surface area contributed by atoms with Gasteiger partial charge in [0.2, 0.25) is 0 Å². The molecule has 1 unspecified atom stereocenters. The van der Waals surface area contributed by atoms with Gasteiger partial charge in [0, 0.05) is 17.0 Å². The maximum atomic E-state index is 13.5. The van der Waals surface area contributed by atoms with E-state index in [-0.39, 0.29) is 24.2 Å². The number of anilines is 1. The van der Waals surface area contributed by atoms with Gasteiger partial charge >= 0.3 is 5.97 Å². The Labute approximate surface area is 208 Å². The van der Waals surface area contributed by atoms with Crippen molar-refractivity contribution in [3.8, 4) is 17.6 Å². The maximum absolute atomic E-state index is 13.5. The van der Waals surface area contributed by atoms with Crippen LogP contribution in [-0.2, 0) is 14.3 Å². The van der Waals surface area contributed by atoms with E-state index in [2.05, 4.69) is 16.7 Å². The quantitative estimate of drug-likeness (QED) is 0.497. The van der Waals surface area contributed by atoms with Crippen molar-refractivity contribution in [2.24, 2.45) is 0 Å². The number of nitrogens with zero attached hydrogens (tertiary/aromatic N) is 1. The Morgan fingerprint density at radius 3 is 2.46 bits per heavy atom. The molecule has 8 nitrogen and oxygen atoms in total. The summed E-state index contributed by atoms with van der Waals surface area (Å²) in [6, 6.07) is 16.6. The molecule has 182 valence electrons. The highest BCUT2D eigenvalue weighted by Gasteiger charge is 2.35. The van der Waals surface area contributed by atoms with Crippen molar-refractivity contribution in [1.29, 1.82) is 5.26 Å². The number of thioether (sulfide) groups is 1. The third-order valence-electron chi connectivity index (χ3n) is 5.30. The minimum absolute atomic E-state index is 0.0266. The first-order chi connectivity index (χ1) is 16.9. The first kappa shape index (κ1) is 25.7. The van der Waals surface area contributed by atoms with Crippen molar-refractivity contribution in [3.63, 3.8) is 0 Å². The number of carbonyl (C=O) groups excluding carboxylic acids is 2. The van der Waals surface area contributed by atoms with Crippen LogP contribution in [-0.4, -0.2) is 38.5 Å². The lowest BCUT2D eigenvalue weighted by molar-refractivity contribution is -0.139. The minimum Gasteiger partial charge on any atom is -0.493 e. The largest absolute Gasteiger partial charge is 0.493 e. The van der Waals surface area contributed by atoms with Gasteiger partial charge in [-0.2, -0.15) is 5.26 Å². The number of para-hydroxylation sites is 1. The van der Waals surface area contributed by atoms with Crippen LogP contribution in [0, 0.1) is 11.3 Å². The summed E-state index contributed by atoms with van der Waals surface area (Å²) in [5.41, 5.74) is 2.58. The summed E-state index contributed by atoms with van der Waals surface area (Å²) in [5.74, 6) is -0.403. The number of nitrogens with one attached hydrogen (secondary N) is 2. The zero-order valence-corrected chi connectivity index (χ0v) is 20.8. The number of dihydropyridines is 1. The second kappa shape index (κ2) is 12.0. The van der Waals surface area contributed by atoms with E-state index in [0.717, 1.165) is 0 Å². The first-order valence-corrected chi connectivity index (χ1v) is 11.9. The predicted octanol–water partition coefficient (Wildman–Crippen LogP) is 4.33. The summed E-state index contributed by atoms with van der Waals surface area (Å²) in [7, 11) is 3.06. The number of nitriles is 1. The van der Waals surface area contributed by atoms with Crippen LogP contribution < -0.4 is 20.1 Å². The maximum Gasteiger partial charge on any atom is 0.316 e. The lowest BCUT2D eigenvalue weighted by atomic mass is 9.82. The van der Waals surface area contributed by atoms with Gasteiger partial charge in [-0.05, 0) is 43.7 Å².